The highest BCUT2D eigenvalue weighted by atomic mass is 19.1. The zero-order valence-corrected chi connectivity index (χ0v) is 10.2. The summed E-state index contributed by atoms with van der Waals surface area (Å²) in [7, 11) is 0. The second-order valence-corrected chi connectivity index (χ2v) is 4.59. The normalized spacial score (nSPS) is 17.7. The van der Waals surface area contributed by atoms with E-state index in [9.17, 15) is 9.18 Å². The van der Waals surface area contributed by atoms with E-state index in [4.69, 9.17) is 5.73 Å². The largest absolute Gasteiger partial charge is 0.316 e. The zero-order valence-electron chi connectivity index (χ0n) is 10.2. The average molecular weight is 256 g/mol. The van der Waals surface area contributed by atoms with Crippen molar-refractivity contribution in [3.05, 3.63) is 65.5 Å². The molecule has 2 aromatic rings. The number of nitrogens with zero attached hydrogens (tertiary/aromatic N) is 1. The number of fused-ring (bicyclic) bond motifs is 1. The zero-order chi connectivity index (χ0) is 13.4. The molecule has 0 bridgehead atoms. The lowest BCUT2D eigenvalue weighted by Crippen LogP contribution is -2.31. The van der Waals surface area contributed by atoms with E-state index in [2.05, 4.69) is 0 Å². The number of halogens is 1. The van der Waals surface area contributed by atoms with E-state index in [0.717, 1.165) is 5.56 Å². The van der Waals surface area contributed by atoms with E-state index in [-0.39, 0.29) is 11.7 Å². The van der Waals surface area contributed by atoms with Crippen molar-refractivity contribution >= 4 is 11.6 Å². The Balaban J connectivity index is 1.98. The van der Waals surface area contributed by atoms with Gasteiger partial charge >= 0.3 is 0 Å². The maximum Gasteiger partial charge on any atom is 0.248 e. The molecule has 3 rings (SSSR count). The lowest BCUT2D eigenvalue weighted by molar-refractivity contribution is -0.119. The van der Waals surface area contributed by atoms with Gasteiger partial charge in [0, 0.05) is 11.3 Å². The van der Waals surface area contributed by atoms with Crippen LogP contribution in [0.5, 0.6) is 0 Å². The number of rotatable bonds is 2. The predicted molar refractivity (Wildman–Crippen MR) is 71.0 cm³/mol. The van der Waals surface area contributed by atoms with Gasteiger partial charge in [0.25, 0.3) is 0 Å². The summed E-state index contributed by atoms with van der Waals surface area (Å²) in [6.07, 6.45) is 0. The van der Waals surface area contributed by atoms with Crippen molar-refractivity contribution in [2.45, 2.75) is 12.6 Å². The Morgan fingerprint density at radius 1 is 1.16 bits per heavy atom. The van der Waals surface area contributed by atoms with Gasteiger partial charge in [-0.3, -0.25) is 4.79 Å². The van der Waals surface area contributed by atoms with Gasteiger partial charge in [-0.25, -0.2) is 4.39 Å². The molecule has 19 heavy (non-hydrogen) atoms. The van der Waals surface area contributed by atoms with Crippen molar-refractivity contribution in [1.29, 1.82) is 0 Å². The molecule has 3 nitrogen and oxygen atoms in total. The minimum absolute atomic E-state index is 0.190. The highest BCUT2D eigenvalue weighted by Gasteiger charge is 2.34. The van der Waals surface area contributed by atoms with Crippen LogP contribution < -0.4 is 10.6 Å². The third-order valence-corrected chi connectivity index (χ3v) is 3.33. The van der Waals surface area contributed by atoms with Crippen LogP contribution in [0.1, 0.15) is 17.2 Å². The van der Waals surface area contributed by atoms with E-state index in [1.165, 1.54) is 12.1 Å². The first kappa shape index (κ1) is 11.9. The van der Waals surface area contributed by atoms with Crippen molar-refractivity contribution < 1.29 is 9.18 Å². The summed E-state index contributed by atoms with van der Waals surface area (Å²) in [5.41, 5.74) is 8.11. The van der Waals surface area contributed by atoms with Crippen LogP contribution >= 0.6 is 0 Å². The van der Waals surface area contributed by atoms with E-state index < -0.39 is 6.04 Å². The van der Waals surface area contributed by atoms with Gasteiger partial charge in [0.1, 0.15) is 11.9 Å². The summed E-state index contributed by atoms with van der Waals surface area (Å²) < 4.78 is 13.2. The quantitative estimate of drug-likeness (QED) is 0.896. The summed E-state index contributed by atoms with van der Waals surface area (Å²) in [4.78, 5) is 13.8. The monoisotopic (exact) mass is 256 g/mol. The molecule has 1 aliphatic rings. The van der Waals surface area contributed by atoms with Gasteiger partial charge in [0.2, 0.25) is 5.91 Å². The Kier molecular flexibility index (Phi) is 2.80. The number of hydrogen-bond acceptors (Lipinski definition) is 2. The Morgan fingerprint density at radius 2 is 1.89 bits per heavy atom. The van der Waals surface area contributed by atoms with Crippen LogP contribution in [0.3, 0.4) is 0 Å². The Hall–Kier alpha value is -2.20. The number of carbonyl (C=O) groups is 1. The summed E-state index contributed by atoms with van der Waals surface area (Å²) in [6, 6.07) is 13.2. The second-order valence-electron chi connectivity index (χ2n) is 4.59. The fraction of sp³-hybridized carbons (Fsp3) is 0.133. The third kappa shape index (κ3) is 2.00. The molecule has 1 amide bonds. The lowest BCUT2D eigenvalue weighted by atomic mass is 10.1. The van der Waals surface area contributed by atoms with Crippen molar-refractivity contribution in [3.63, 3.8) is 0 Å². The maximum absolute atomic E-state index is 13.2. The highest BCUT2D eigenvalue weighted by molar-refractivity contribution is 6.04. The number of nitrogens with two attached hydrogens (primary N) is 1. The van der Waals surface area contributed by atoms with Crippen molar-refractivity contribution in [2.24, 2.45) is 5.73 Å². The topological polar surface area (TPSA) is 46.3 Å². The number of benzene rings is 2. The molecule has 2 N–H and O–H groups in total. The molecule has 1 heterocycles. The van der Waals surface area contributed by atoms with Crippen LogP contribution in [0.25, 0.3) is 0 Å². The first-order valence-electron chi connectivity index (χ1n) is 6.07. The van der Waals surface area contributed by atoms with Crippen LogP contribution in [-0.2, 0) is 11.3 Å². The summed E-state index contributed by atoms with van der Waals surface area (Å²) in [5.74, 6) is -0.562. The molecule has 0 fully saturated rings. The molecule has 4 heteroatoms. The Morgan fingerprint density at radius 3 is 2.63 bits per heavy atom. The molecule has 0 radical (unpaired) electrons. The first-order valence-corrected chi connectivity index (χ1v) is 6.07. The van der Waals surface area contributed by atoms with E-state index in [1.807, 2.05) is 30.3 Å². The molecule has 1 unspecified atom stereocenters. The Bertz CT molecular complexity index is 627. The van der Waals surface area contributed by atoms with Crippen molar-refractivity contribution in [3.8, 4) is 0 Å². The summed E-state index contributed by atoms with van der Waals surface area (Å²) in [5, 5.41) is 0. The molecule has 0 aromatic heterocycles. The number of hydrogen-bond donors (Lipinski definition) is 1. The fourth-order valence-electron chi connectivity index (χ4n) is 2.37. The molecule has 0 saturated heterocycles. The van der Waals surface area contributed by atoms with E-state index >= 15 is 0 Å². The molecular formula is C15H13FN2O. The number of anilines is 1. The molecule has 96 valence electrons. The van der Waals surface area contributed by atoms with Gasteiger partial charge < -0.3 is 10.6 Å². The SMILES string of the molecule is NC1C(=O)N(Cc2ccccc2)c2ccc(F)cc21. The smallest absolute Gasteiger partial charge is 0.248 e. The molecular weight excluding hydrogens is 243 g/mol. The van der Waals surface area contributed by atoms with Gasteiger partial charge in [-0.2, -0.15) is 0 Å². The van der Waals surface area contributed by atoms with Crippen LogP contribution in [0, 0.1) is 5.82 Å². The summed E-state index contributed by atoms with van der Waals surface area (Å²) >= 11 is 0. The van der Waals surface area contributed by atoms with Gasteiger partial charge in [0.15, 0.2) is 0 Å². The minimum atomic E-state index is -0.769. The lowest BCUT2D eigenvalue weighted by Gasteiger charge is -2.17. The molecule has 1 atom stereocenters. The van der Waals surface area contributed by atoms with Crippen LogP contribution in [0.2, 0.25) is 0 Å². The highest BCUT2D eigenvalue weighted by Crippen LogP contribution is 2.35. The first-order chi connectivity index (χ1) is 9.16. The average Bonchev–Trinajstić information content (AvgIpc) is 2.65. The van der Waals surface area contributed by atoms with Crippen molar-refractivity contribution in [2.75, 3.05) is 4.90 Å². The van der Waals surface area contributed by atoms with Gasteiger partial charge in [0.05, 0.1) is 6.54 Å². The molecule has 0 spiro atoms. The second kappa shape index (κ2) is 4.48. The van der Waals surface area contributed by atoms with E-state index in [0.29, 0.717) is 17.8 Å². The van der Waals surface area contributed by atoms with Crippen LogP contribution in [-0.4, -0.2) is 5.91 Å². The van der Waals surface area contributed by atoms with Crippen LogP contribution in [0.4, 0.5) is 10.1 Å². The summed E-state index contributed by atoms with van der Waals surface area (Å²) in [6.45, 7) is 0.450. The van der Waals surface area contributed by atoms with Gasteiger partial charge in [-0.05, 0) is 23.8 Å². The number of amides is 1. The van der Waals surface area contributed by atoms with E-state index in [1.54, 1.807) is 11.0 Å². The van der Waals surface area contributed by atoms with Gasteiger partial charge in [-0.1, -0.05) is 30.3 Å². The van der Waals surface area contributed by atoms with Gasteiger partial charge in [-0.15, -0.1) is 0 Å². The molecule has 0 saturated carbocycles. The molecule has 0 aliphatic carbocycles. The Labute approximate surface area is 110 Å². The predicted octanol–water partition coefficient (Wildman–Crippen LogP) is 2.37. The molecule has 2 aromatic carbocycles. The fourth-order valence-corrected chi connectivity index (χ4v) is 2.37. The van der Waals surface area contributed by atoms with Crippen LogP contribution in [0.15, 0.2) is 48.5 Å². The minimum Gasteiger partial charge on any atom is -0.316 e. The van der Waals surface area contributed by atoms with Crippen molar-refractivity contribution in [1.82, 2.24) is 0 Å². The maximum atomic E-state index is 13.2. The third-order valence-electron chi connectivity index (χ3n) is 3.33. The standard InChI is InChI=1S/C15H13FN2O/c16-11-6-7-13-12(8-11)14(17)15(19)18(13)9-10-4-2-1-3-5-10/h1-8,14H,9,17H2. The molecule has 1 aliphatic heterocycles. The number of carbonyl (C=O) groups excluding carboxylic acids is 1.